The highest BCUT2D eigenvalue weighted by atomic mass is 32.1. The highest BCUT2D eigenvalue weighted by molar-refractivity contribution is 7.13. The molecule has 1 N–H and O–H groups in total. The first kappa shape index (κ1) is 23.1. The Morgan fingerprint density at radius 2 is 1.91 bits per heavy atom. The molecule has 1 fully saturated rings. The van der Waals surface area contributed by atoms with Crippen molar-refractivity contribution in [1.29, 1.82) is 0 Å². The van der Waals surface area contributed by atoms with E-state index in [4.69, 9.17) is 18.7 Å². The molecule has 0 spiro atoms. The molecule has 0 atom stereocenters. The Kier molecular flexibility index (Phi) is 7.46. The summed E-state index contributed by atoms with van der Waals surface area (Å²) in [6.45, 7) is 2.60. The Morgan fingerprint density at radius 1 is 1.18 bits per heavy atom. The molecule has 3 heterocycles. The van der Waals surface area contributed by atoms with Gasteiger partial charge >= 0.3 is 0 Å². The molecule has 2 aromatic heterocycles. The predicted molar refractivity (Wildman–Crippen MR) is 124 cm³/mol. The second-order valence-corrected chi connectivity index (χ2v) is 8.74. The van der Waals surface area contributed by atoms with Gasteiger partial charge in [-0.05, 0) is 55.1 Å². The van der Waals surface area contributed by atoms with E-state index in [9.17, 15) is 4.79 Å². The summed E-state index contributed by atoms with van der Waals surface area (Å²) in [6, 6.07) is 7.63. The number of likely N-dealkylation sites (tertiary alicyclic amines) is 1. The molecule has 1 aliphatic rings. The average molecular weight is 473 g/mol. The highest BCUT2D eigenvalue weighted by Crippen LogP contribution is 2.38. The lowest BCUT2D eigenvalue weighted by Crippen LogP contribution is -2.40. The molecule has 3 aromatic rings. The molecule has 0 radical (unpaired) electrons. The minimum atomic E-state index is -0.0207. The van der Waals surface area contributed by atoms with Crippen LogP contribution in [0.1, 0.15) is 24.3 Å². The predicted octanol–water partition coefficient (Wildman–Crippen LogP) is 3.35. The zero-order valence-corrected chi connectivity index (χ0v) is 19.8. The first-order chi connectivity index (χ1) is 16.1. The summed E-state index contributed by atoms with van der Waals surface area (Å²) in [5.74, 6) is 2.93. The fourth-order valence-electron chi connectivity index (χ4n) is 3.94. The maximum atomic E-state index is 12.7. The number of aromatic nitrogens is 2. The summed E-state index contributed by atoms with van der Waals surface area (Å²) >= 11 is 1.58. The molecule has 1 saturated heterocycles. The Hall–Kier alpha value is -3.11. The number of methoxy groups -OCH3 is 3. The van der Waals surface area contributed by atoms with Crippen molar-refractivity contribution in [1.82, 2.24) is 20.4 Å². The number of carbonyl (C=O) groups is 1. The van der Waals surface area contributed by atoms with E-state index in [0.717, 1.165) is 36.4 Å². The first-order valence-corrected chi connectivity index (χ1v) is 11.6. The van der Waals surface area contributed by atoms with Crippen LogP contribution >= 0.6 is 11.3 Å². The van der Waals surface area contributed by atoms with Gasteiger partial charge in [0.15, 0.2) is 11.5 Å². The molecule has 0 saturated carbocycles. The van der Waals surface area contributed by atoms with Crippen LogP contribution in [0.5, 0.6) is 17.2 Å². The highest BCUT2D eigenvalue weighted by Gasteiger charge is 2.26. The number of hydrogen-bond acceptors (Lipinski definition) is 9. The molecule has 0 unspecified atom stereocenters. The average Bonchev–Trinajstić information content (AvgIpc) is 3.54. The van der Waals surface area contributed by atoms with Gasteiger partial charge in [0.2, 0.25) is 23.4 Å². The van der Waals surface area contributed by atoms with Crippen LogP contribution in [-0.2, 0) is 17.9 Å². The fraction of sp³-hybridized carbons (Fsp3) is 0.435. The van der Waals surface area contributed by atoms with Gasteiger partial charge in [0.1, 0.15) is 0 Å². The van der Waals surface area contributed by atoms with E-state index in [0.29, 0.717) is 42.1 Å². The number of nitrogens with zero attached hydrogens (tertiary/aromatic N) is 3. The summed E-state index contributed by atoms with van der Waals surface area (Å²) in [7, 11) is 4.71. The van der Waals surface area contributed by atoms with Crippen molar-refractivity contribution in [3.05, 3.63) is 41.1 Å². The second kappa shape index (κ2) is 10.7. The van der Waals surface area contributed by atoms with E-state index in [-0.39, 0.29) is 11.8 Å². The van der Waals surface area contributed by atoms with Gasteiger partial charge in [-0.15, -0.1) is 11.3 Å². The van der Waals surface area contributed by atoms with Gasteiger partial charge < -0.3 is 24.1 Å². The summed E-state index contributed by atoms with van der Waals surface area (Å²) in [5.41, 5.74) is 0.883. The Bertz CT molecular complexity index is 1040. The number of ether oxygens (including phenoxy) is 3. The fourth-order valence-corrected chi connectivity index (χ4v) is 4.59. The van der Waals surface area contributed by atoms with Crippen LogP contribution in [0.4, 0.5) is 0 Å². The third-order valence-corrected chi connectivity index (χ3v) is 6.58. The lowest BCUT2D eigenvalue weighted by atomic mass is 9.96. The molecule has 0 aliphatic carbocycles. The Labute approximate surface area is 196 Å². The molecule has 1 aromatic carbocycles. The van der Waals surface area contributed by atoms with Crippen LogP contribution in [0, 0.1) is 5.92 Å². The van der Waals surface area contributed by atoms with Gasteiger partial charge in [0.05, 0.1) is 32.8 Å². The van der Waals surface area contributed by atoms with Crippen molar-refractivity contribution < 1.29 is 23.5 Å². The lowest BCUT2D eigenvalue weighted by molar-refractivity contribution is -0.126. The van der Waals surface area contributed by atoms with Crippen molar-refractivity contribution in [3.8, 4) is 28.0 Å². The number of piperidine rings is 1. The van der Waals surface area contributed by atoms with E-state index >= 15 is 0 Å². The molecule has 0 bridgehead atoms. The minimum absolute atomic E-state index is 0.0207. The number of rotatable bonds is 9. The first-order valence-electron chi connectivity index (χ1n) is 10.8. The number of nitrogens with one attached hydrogen (secondary N) is 1. The summed E-state index contributed by atoms with van der Waals surface area (Å²) in [4.78, 5) is 20.5. The lowest BCUT2D eigenvalue weighted by Gasteiger charge is -2.30. The van der Waals surface area contributed by atoms with Gasteiger partial charge in [-0.1, -0.05) is 11.2 Å². The molecule has 10 heteroatoms. The normalized spacial score (nSPS) is 14.8. The quantitative estimate of drug-likeness (QED) is 0.506. The molecular formula is C23H28N4O5S. The largest absolute Gasteiger partial charge is 0.493 e. The number of amides is 1. The molecule has 176 valence electrons. The zero-order chi connectivity index (χ0) is 23.2. The number of benzene rings is 1. The Balaban J connectivity index is 1.27. The van der Waals surface area contributed by atoms with Gasteiger partial charge in [-0.25, -0.2) is 0 Å². The van der Waals surface area contributed by atoms with Crippen molar-refractivity contribution in [2.24, 2.45) is 5.92 Å². The third kappa shape index (κ3) is 5.45. The maximum Gasteiger partial charge on any atom is 0.241 e. The van der Waals surface area contributed by atoms with E-state index in [1.807, 2.05) is 29.6 Å². The van der Waals surface area contributed by atoms with Crippen molar-refractivity contribution in [2.45, 2.75) is 25.9 Å². The second-order valence-electron chi connectivity index (χ2n) is 7.79. The molecule has 4 rings (SSSR count). The maximum absolute atomic E-state index is 12.7. The van der Waals surface area contributed by atoms with Crippen LogP contribution in [0.25, 0.3) is 10.7 Å². The van der Waals surface area contributed by atoms with Crippen molar-refractivity contribution >= 4 is 17.2 Å². The third-order valence-electron chi connectivity index (χ3n) is 5.72. The number of hydrogen-bond donors (Lipinski definition) is 1. The van der Waals surface area contributed by atoms with Crippen LogP contribution in [0.2, 0.25) is 0 Å². The van der Waals surface area contributed by atoms with E-state index in [1.54, 1.807) is 32.7 Å². The summed E-state index contributed by atoms with van der Waals surface area (Å²) < 4.78 is 21.5. The van der Waals surface area contributed by atoms with Gasteiger partial charge in [0, 0.05) is 12.5 Å². The minimum Gasteiger partial charge on any atom is -0.493 e. The van der Waals surface area contributed by atoms with E-state index in [1.165, 1.54) is 0 Å². The molecular weight excluding hydrogens is 444 g/mol. The molecule has 9 nitrogen and oxygen atoms in total. The van der Waals surface area contributed by atoms with E-state index < -0.39 is 0 Å². The SMILES string of the molecule is COc1cc(CNC(=O)C2CCN(Cc3nc(-c4cccs4)no3)CC2)cc(OC)c1OC. The van der Waals surface area contributed by atoms with Crippen LogP contribution < -0.4 is 19.5 Å². The molecule has 1 aliphatic heterocycles. The molecule has 1 amide bonds. The van der Waals surface area contributed by atoms with Crippen molar-refractivity contribution in [2.75, 3.05) is 34.4 Å². The van der Waals surface area contributed by atoms with Gasteiger partial charge in [0.25, 0.3) is 0 Å². The molecule has 33 heavy (non-hydrogen) atoms. The van der Waals surface area contributed by atoms with Crippen LogP contribution in [0.3, 0.4) is 0 Å². The van der Waals surface area contributed by atoms with Gasteiger partial charge in [-0.2, -0.15) is 4.98 Å². The number of carbonyl (C=O) groups excluding carboxylic acids is 1. The van der Waals surface area contributed by atoms with Gasteiger partial charge in [-0.3, -0.25) is 9.69 Å². The zero-order valence-electron chi connectivity index (χ0n) is 19.0. The van der Waals surface area contributed by atoms with Crippen LogP contribution in [0.15, 0.2) is 34.2 Å². The van der Waals surface area contributed by atoms with E-state index in [2.05, 4.69) is 20.4 Å². The Morgan fingerprint density at radius 3 is 2.52 bits per heavy atom. The standard InChI is InChI=1S/C23H28N4O5S/c1-29-17-11-15(12-18(30-2)21(17)31-3)13-24-23(28)16-6-8-27(9-7-16)14-20-25-22(26-32-20)19-5-4-10-33-19/h4-5,10-12,16H,6-9,13-14H2,1-3H3,(H,24,28). The van der Waals surface area contributed by atoms with Crippen LogP contribution in [-0.4, -0.2) is 55.4 Å². The smallest absolute Gasteiger partial charge is 0.241 e. The van der Waals surface area contributed by atoms with Crippen molar-refractivity contribution in [3.63, 3.8) is 0 Å². The number of thiophene rings is 1. The topological polar surface area (TPSA) is 99.0 Å². The monoisotopic (exact) mass is 472 g/mol. The summed E-state index contributed by atoms with van der Waals surface area (Å²) in [5, 5.41) is 9.10. The summed E-state index contributed by atoms with van der Waals surface area (Å²) in [6.07, 6.45) is 1.57.